The number of nitrogens with one attached hydrogen (secondary N) is 1. The molecule has 1 saturated carbocycles. The molecule has 2 aliphatic rings. The molecule has 15 heavy (non-hydrogen) atoms. The summed E-state index contributed by atoms with van der Waals surface area (Å²) >= 11 is 0. The fraction of sp³-hybridized carbons (Fsp3) is 1.00. The van der Waals surface area contributed by atoms with Crippen molar-refractivity contribution in [3.05, 3.63) is 0 Å². The Balaban J connectivity index is 1.77. The number of rotatable bonds is 6. The highest BCUT2D eigenvalue weighted by Crippen LogP contribution is 2.27. The molecule has 0 aromatic heterocycles. The molecule has 0 amide bonds. The maximum atomic E-state index is 9.47. The van der Waals surface area contributed by atoms with Gasteiger partial charge in [0.1, 0.15) is 0 Å². The third-order valence-electron chi connectivity index (χ3n) is 3.34. The lowest BCUT2D eigenvalue weighted by Crippen LogP contribution is -2.43. The van der Waals surface area contributed by atoms with Gasteiger partial charge in [0, 0.05) is 25.2 Å². The molecule has 2 atom stereocenters. The Morgan fingerprint density at radius 2 is 2.13 bits per heavy atom. The van der Waals surface area contributed by atoms with Gasteiger partial charge in [0.25, 0.3) is 0 Å². The Morgan fingerprint density at radius 3 is 2.67 bits per heavy atom. The summed E-state index contributed by atoms with van der Waals surface area (Å²) in [6.07, 6.45) is 4.45. The van der Waals surface area contributed by atoms with Crippen LogP contribution in [0.3, 0.4) is 0 Å². The van der Waals surface area contributed by atoms with Crippen LogP contribution in [0.15, 0.2) is 0 Å². The molecule has 0 radical (unpaired) electrons. The maximum absolute atomic E-state index is 9.47. The molecule has 88 valence electrons. The first-order chi connectivity index (χ1) is 7.29. The average Bonchev–Trinajstić information content (AvgIpc) is 2.97. The van der Waals surface area contributed by atoms with Gasteiger partial charge in [0.2, 0.25) is 0 Å². The smallest absolute Gasteiger partial charge is 0.0897 e. The van der Waals surface area contributed by atoms with Gasteiger partial charge in [-0.05, 0) is 32.2 Å². The predicted octanol–water partition coefficient (Wildman–Crippen LogP) is -0.444. The van der Waals surface area contributed by atoms with E-state index in [2.05, 4.69) is 10.2 Å². The first-order valence-electron chi connectivity index (χ1n) is 6.06. The SMILES string of the molecule is OCC(O)CN(CC1CCCN1)C1CC1. The zero-order valence-corrected chi connectivity index (χ0v) is 9.23. The Morgan fingerprint density at radius 1 is 1.33 bits per heavy atom. The largest absolute Gasteiger partial charge is 0.394 e. The van der Waals surface area contributed by atoms with Crippen LogP contribution in [0.1, 0.15) is 25.7 Å². The van der Waals surface area contributed by atoms with Crippen molar-refractivity contribution < 1.29 is 10.2 Å². The summed E-state index contributed by atoms with van der Waals surface area (Å²) in [5.41, 5.74) is 0. The van der Waals surface area contributed by atoms with Gasteiger partial charge in [-0.15, -0.1) is 0 Å². The van der Waals surface area contributed by atoms with E-state index in [4.69, 9.17) is 5.11 Å². The van der Waals surface area contributed by atoms with E-state index in [0.29, 0.717) is 18.6 Å². The molecule has 0 aromatic carbocycles. The van der Waals surface area contributed by atoms with Crippen molar-refractivity contribution in [2.24, 2.45) is 0 Å². The van der Waals surface area contributed by atoms with Crippen molar-refractivity contribution in [1.29, 1.82) is 0 Å². The Kier molecular flexibility index (Phi) is 3.97. The van der Waals surface area contributed by atoms with Crippen LogP contribution < -0.4 is 5.32 Å². The van der Waals surface area contributed by atoms with E-state index in [-0.39, 0.29) is 6.61 Å². The number of aliphatic hydroxyl groups is 2. The van der Waals surface area contributed by atoms with Gasteiger partial charge >= 0.3 is 0 Å². The number of hydrogen-bond donors (Lipinski definition) is 3. The minimum atomic E-state index is -0.577. The molecule has 1 saturated heterocycles. The van der Waals surface area contributed by atoms with Gasteiger partial charge in [-0.1, -0.05) is 0 Å². The van der Waals surface area contributed by atoms with Gasteiger partial charge in [-0.3, -0.25) is 4.90 Å². The van der Waals surface area contributed by atoms with E-state index < -0.39 is 6.10 Å². The highest BCUT2D eigenvalue weighted by atomic mass is 16.3. The maximum Gasteiger partial charge on any atom is 0.0897 e. The normalized spacial score (nSPS) is 28.6. The molecule has 4 nitrogen and oxygen atoms in total. The Labute approximate surface area is 91.3 Å². The number of nitrogens with zero attached hydrogens (tertiary/aromatic N) is 1. The van der Waals surface area contributed by atoms with Crippen molar-refractivity contribution >= 4 is 0 Å². The van der Waals surface area contributed by atoms with Crippen LogP contribution in [0.5, 0.6) is 0 Å². The topological polar surface area (TPSA) is 55.7 Å². The third kappa shape index (κ3) is 3.41. The molecule has 3 N–H and O–H groups in total. The quantitative estimate of drug-likeness (QED) is 0.561. The molecule has 0 spiro atoms. The van der Waals surface area contributed by atoms with Crippen molar-refractivity contribution in [1.82, 2.24) is 10.2 Å². The first-order valence-corrected chi connectivity index (χ1v) is 6.06. The van der Waals surface area contributed by atoms with Gasteiger partial charge in [-0.2, -0.15) is 0 Å². The molecule has 1 aliphatic heterocycles. The molecule has 2 rings (SSSR count). The monoisotopic (exact) mass is 214 g/mol. The van der Waals surface area contributed by atoms with E-state index in [1.54, 1.807) is 0 Å². The fourth-order valence-electron chi connectivity index (χ4n) is 2.34. The Hall–Kier alpha value is -0.160. The van der Waals surface area contributed by atoms with Crippen molar-refractivity contribution in [2.75, 3.05) is 26.2 Å². The molecule has 1 heterocycles. The molecule has 2 fully saturated rings. The second kappa shape index (κ2) is 5.25. The van der Waals surface area contributed by atoms with Gasteiger partial charge < -0.3 is 15.5 Å². The van der Waals surface area contributed by atoms with E-state index in [9.17, 15) is 5.11 Å². The molecule has 2 unspecified atom stereocenters. The fourth-order valence-corrected chi connectivity index (χ4v) is 2.34. The Bertz CT molecular complexity index is 191. The van der Waals surface area contributed by atoms with Crippen molar-refractivity contribution in [3.63, 3.8) is 0 Å². The first kappa shape index (κ1) is 11.3. The molecular weight excluding hydrogens is 192 g/mol. The second-order valence-electron chi connectivity index (χ2n) is 4.81. The predicted molar refractivity (Wildman–Crippen MR) is 58.7 cm³/mol. The summed E-state index contributed by atoms with van der Waals surface area (Å²) in [6.45, 7) is 2.66. The lowest BCUT2D eigenvalue weighted by molar-refractivity contribution is 0.0540. The van der Waals surface area contributed by atoms with Crippen LogP contribution in [0.2, 0.25) is 0 Å². The summed E-state index contributed by atoms with van der Waals surface area (Å²) in [5.74, 6) is 0. The molecule has 0 aromatic rings. The van der Waals surface area contributed by atoms with Crippen molar-refractivity contribution in [2.45, 2.75) is 43.9 Å². The van der Waals surface area contributed by atoms with Gasteiger partial charge in [0.15, 0.2) is 0 Å². The summed E-state index contributed by atoms with van der Waals surface area (Å²) in [7, 11) is 0. The van der Waals surface area contributed by atoms with Crippen LogP contribution in [-0.4, -0.2) is 59.5 Å². The third-order valence-corrected chi connectivity index (χ3v) is 3.34. The summed E-state index contributed by atoms with van der Waals surface area (Å²) in [5, 5.41) is 21.8. The zero-order valence-electron chi connectivity index (χ0n) is 9.23. The lowest BCUT2D eigenvalue weighted by atomic mass is 10.2. The van der Waals surface area contributed by atoms with Crippen LogP contribution in [-0.2, 0) is 0 Å². The molecule has 1 aliphatic carbocycles. The number of aliphatic hydroxyl groups excluding tert-OH is 2. The second-order valence-corrected chi connectivity index (χ2v) is 4.81. The van der Waals surface area contributed by atoms with Crippen LogP contribution in [0.25, 0.3) is 0 Å². The minimum absolute atomic E-state index is 0.124. The highest BCUT2D eigenvalue weighted by molar-refractivity contribution is 4.89. The van der Waals surface area contributed by atoms with E-state index in [0.717, 1.165) is 13.1 Å². The minimum Gasteiger partial charge on any atom is -0.394 e. The van der Waals surface area contributed by atoms with E-state index in [1.807, 2.05) is 0 Å². The summed E-state index contributed by atoms with van der Waals surface area (Å²) in [6, 6.07) is 1.25. The molecule has 0 bridgehead atoms. The van der Waals surface area contributed by atoms with Gasteiger partial charge in [0.05, 0.1) is 12.7 Å². The standard InChI is InChI=1S/C11H22N2O2/c14-8-11(15)7-13(10-3-4-10)6-9-2-1-5-12-9/h9-12,14-15H,1-8H2. The van der Waals surface area contributed by atoms with Crippen LogP contribution in [0.4, 0.5) is 0 Å². The molecular formula is C11H22N2O2. The summed E-state index contributed by atoms with van der Waals surface area (Å²) < 4.78 is 0. The lowest BCUT2D eigenvalue weighted by Gasteiger charge is -2.27. The average molecular weight is 214 g/mol. The zero-order chi connectivity index (χ0) is 10.7. The van der Waals surface area contributed by atoms with Gasteiger partial charge in [-0.25, -0.2) is 0 Å². The van der Waals surface area contributed by atoms with E-state index in [1.165, 1.54) is 25.7 Å². The number of hydrogen-bond acceptors (Lipinski definition) is 4. The van der Waals surface area contributed by atoms with Crippen molar-refractivity contribution in [3.8, 4) is 0 Å². The van der Waals surface area contributed by atoms with Crippen LogP contribution in [0, 0.1) is 0 Å². The molecule has 4 heteroatoms. The summed E-state index contributed by atoms with van der Waals surface area (Å²) in [4.78, 5) is 2.34. The van der Waals surface area contributed by atoms with Crippen LogP contribution >= 0.6 is 0 Å². The van der Waals surface area contributed by atoms with E-state index >= 15 is 0 Å². The highest BCUT2D eigenvalue weighted by Gasteiger charge is 2.32.